The summed E-state index contributed by atoms with van der Waals surface area (Å²) in [6.07, 6.45) is 7.43. The van der Waals surface area contributed by atoms with Crippen LogP contribution in [0.2, 0.25) is 0 Å². The summed E-state index contributed by atoms with van der Waals surface area (Å²) in [4.78, 5) is 25.1. The number of hydrogen-bond donors (Lipinski definition) is 3. The fourth-order valence-corrected chi connectivity index (χ4v) is 4.67. The summed E-state index contributed by atoms with van der Waals surface area (Å²) >= 11 is 0. The van der Waals surface area contributed by atoms with Crippen LogP contribution in [-0.2, 0) is 16.0 Å². The lowest BCUT2D eigenvalue weighted by Gasteiger charge is -2.45. The van der Waals surface area contributed by atoms with E-state index in [1.54, 1.807) is 0 Å². The van der Waals surface area contributed by atoms with Gasteiger partial charge in [0.25, 0.3) is 0 Å². The number of nitrogens with zero attached hydrogens (tertiary/aromatic N) is 2. The van der Waals surface area contributed by atoms with E-state index in [1.165, 1.54) is 28.5 Å². The summed E-state index contributed by atoms with van der Waals surface area (Å²) in [6.45, 7) is 1.14. The van der Waals surface area contributed by atoms with Gasteiger partial charge in [-0.15, -0.1) is 0 Å². The van der Waals surface area contributed by atoms with Crippen molar-refractivity contribution in [3.8, 4) is 6.07 Å². The van der Waals surface area contributed by atoms with E-state index in [0.29, 0.717) is 36.5 Å². The Balaban J connectivity index is 0.000000258. The second kappa shape index (κ2) is 8.93. The standard InChI is InChI=1S/C18H21N3.C4H4O4/c1-21-11-12(4-3-7-19)8-15-14-5-2-6-16-18(14)13(10-20-16)9-17(15)21;5-3(6)1-2-4(7)8/h2,5-6,10,12,15,17,20H,3-4,8-9,11H2,1H3;1-2H,(H,5,6)(H,7,8)/b;2-1-/t12?,15-,17-;/m1./s1. The molecule has 29 heavy (non-hydrogen) atoms. The molecule has 1 fully saturated rings. The first-order valence-corrected chi connectivity index (χ1v) is 9.70. The van der Waals surface area contributed by atoms with Gasteiger partial charge in [0.1, 0.15) is 0 Å². The lowest BCUT2D eigenvalue weighted by atomic mass is 9.72. The molecular formula is C22H25N3O4. The highest BCUT2D eigenvalue weighted by Crippen LogP contribution is 2.44. The lowest BCUT2D eigenvalue weighted by molar-refractivity contribution is -0.134. The van der Waals surface area contributed by atoms with E-state index in [-0.39, 0.29) is 0 Å². The maximum atomic E-state index is 9.55. The summed E-state index contributed by atoms with van der Waals surface area (Å²) in [6, 6.07) is 9.61. The van der Waals surface area contributed by atoms with Crippen molar-refractivity contribution in [2.24, 2.45) is 5.92 Å². The van der Waals surface area contributed by atoms with Gasteiger partial charge in [-0.3, -0.25) is 0 Å². The number of benzene rings is 1. The van der Waals surface area contributed by atoms with Gasteiger partial charge in [-0.05, 0) is 49.4 Å². The number of aliphatic carboxylic acids is 2. The van der Waals surface area contributed by atoms with Crippen LogP contribution in [0.25, 0.3) is 10.9 Å². The smallest absolute Gasteiger partial charge is 0.328 e. The molecule has 152 valence electrons. The van der Waals surface area contributed by atoms with Gasteiger partial charge >= 0.3 is 11.9 Å². The molecule has 4 rings (SSSR count). The summed E-state index contributed by atoms with van der Waals surface area (Å²) in [5.74, 6) is -1.23. The third kappa shape index (κ3) is 4.66. The average Bonchev–Trinajstić information content (AvgIpc) is 3.10. The summed E-state index contributed by atoms with van der Waals surface area (Å²) in [7, 11) is 2.26. The monoisotopic (exact) mass is 395 g/mol. The molecule has 1 aromatic heterocycles. The minimum absolute atomic E-state index is 0.558. The molecule has 7 heteroatoms. The molecule has 2 heterocycles. The van der Waals surface area contributed by atoms with Crippen molar-refractivity contribution >= 4 is 22.8 Å². The first-order chi connectivity index (χ1) is 13.9. The number of hydrogen-bond acceptors (Lipinski definition) is 4. The van der Waals surface area contributed by atoms with E-state index >= 15 is 0 Å². The average molecular weight is 395 g/mol. The Labute approximate surface area is 169 Å². The Morgan fingerprint density at radius 3 is 2.69 bits per heavy atom. The number of carboxylic acid groups (broad SMARTS) is 2. The molecular weight excluding hydrogens is 370 g/mol. The minimum atomic E-state index is -1.26. The van der Waals surface area contributed by atoms with Gasteiger partial charge in [0.15, 0.2) is 0 Å². The van der Waals surface area contributed by atoms with E-state index in [1.807, 2.05) is 0 Å². The van der Waals surface area contributed by atoms with Crippen molar-refractivity contribution in [1.82, 2.24) is 9.88 Å². The Morgan fingerprint density at radius 1 is 1.31 bits per heavy atom. The van der Waals surface area contributed by atoms with Gasteiger partial charge in [0, 0.05) is 54.2 Å². The topological polar surface area (TPSA) is 117 Å². The molecule has 0 radical (unpaired) electrons. The summed E-state index contributed by atoms with van der Waals surface area (Å²) in [5.41, 5.74) is 4.28. The number of nitrogens with one attached hydrogen (secondary N) is 1. The van der Waals surface area contributed by atoms with Crippen LogP contribution in [0.1, 0.15) is 36.3 Å². The lowest BCUT2D eigenvalue weighted by Crippen LogP contribution is -2.47. The quantitative estimate of drug-likeness (QED) is 0.685. The van der Waals surface area contributed by atoms with Crippen LogP contribution in [0.15, 0.2) is 36.5 Å². The predicted octanol–water partition coefficient (Wildman–Crippen LogP) is 3.14. The second-order valence-electron chi connectivity index (χ2n) is 7.71. The van der Waals surface area contributed by atoms with E-state index in [0.717, 1.165) is 19.4 Å². The van der Waals surface area contributed by atoms with Crippen LogP contribution < -0.4 is 0 Å². The molecule has 2 aromatic rings. The van der Waals surface area contributed by atoms with Crippen LogP contribution in [0.3, 0.4) is 0 Å². The molecule has 0 spiro atoms. The molecule has 7 nitrogen and oxygen atoms in total. The molecule has 2 aliphatic rings. The summed E-state index contributed by atoms with van der Waals surface area (Å²) < 4.78 is 0. The zero-order valence-corrected chi connectivity index (χ0v) is 16.3. The number of rotatable bonds is 4. The molecule has 1 aliphatic heterocycles. The molecule has 3 atom stereocenters. The first-order valence-electron chi connectivity index (χ1n) is 9.70. The van der Waals surface area contributed by atoms with Crippen molar-refractivity contribution in [1.29, 1.82) is 5.26 Å². The number of aromatic amines is 1. The highest BCUT2D eigenvalue weighted by atomic mass is 16.4. The van der Waals surface area contributed by atoms with Crippen molar-refractivity contribution in [3.63, 3.8) is 0 Å². The van der Waals surface area contributed by atoms with Crippen molar-refractivity contribution < 1.29 is 19.8 Å². The van der Waals surface area contributed by atoms with Gasteiger partial charge < -0.3 is 20.1 Å². The van der Waals surface area contributed by atoms with E-state index in [4.69, 9.17) is 15.5 Å². The minimum Gasteiger partial charge on any atom is -0.478 e. The van der Waals surface area contributed by atoms with E-state index < -0.39 is 11.9 Å². The van der Waals surface area contributed by atoms with E-state index in [9.17, 15) is 9.59 Å². The summed E-state index contributed by atoms with van der Waals surface area (Å²) in [5, 5.41) is 25.9. The molecule has 0 saturated carbocycles. The van der Waals surface area contributed by atoms with Crippen LogP contribution in [0.5, 0.6) is 0 Å². The number of carbonyl (C=O) groups is 2. The first kappa shape index (κ1) is 20.6. The fraction of sp³-hybridized carbons (Fsp3) is 0.409. The van der Waals surface area contributed by atoms with Gasteiger partial charge in [0.2, 0.25) is 0 Å². The Bertz CT molecular complexity index is 956. The predicted molar refractivity (Wildman–Crippen MR) is 109 cm³/mol. The van der Waals surface area contributed by atoms with E-state index in [2.05, 4.69) is 47.4 Å². The number of fused-ring (bicyclic) bond motifs is 2. The zero-order chi connectivity index (χ0) is 21.0. The fourth-order valence-electron chi connectivity index (χ4n) is 4.67. The van der Waals surface area contributed by atoms with Gasteiger partial charge in [-0.25, -0.2) is 9.59 Å². The van der Waals surface area contributed by atoms with Gasteiger partial charge in [0.05, 0.1) is 6.07 Å². The molecule has 0 amide bonds. The Hall–Kier alpha value is -3.11. The number of likely N-dealkylation sites (tertiary alicyclic amines) is 1. The number of nitriles is 1. The van der Waals surface area contributed by atoms with Crippen LogP contribution in [0.4, 0.5) is 0 Å². The Morgan fingerprint density at radius 2 is 2.03 bits per heavy atom. The highest BCUT2D eigenvalue weighted by molar-refractivity contribution is 5.89. The normalized spacial score (nSPS) is 23.1. The van der Waals surface area contributed by atoms with Crippen molar-refractivity contribution in [2.75, 3.05) is 13.6 Å². The van der Waals surface area contributed by atoms with Crippen molar-refractivity contribution in [2.45, 2.75) is 37.6 Å². The zero-order valence-electron chi connectivity index (χ0n) is 16.3. The van der Waals surface area contributed by atoms with Gasteiger partial charge in [-0.1, -0.05) is 12.1 Å². The molecule has 0 bridgehead atoms. The number of carboxylic acids is 2. The maximum Gasteiger partial charge on any atom is 0.328 e. The third-order valence-corrected chi connectivity index (χ3v) is 5.85. The van der Waals surface area contributed by atoms with Crippen molar-refractivity contribution in [3.05, 3.63) is 47.7 Å². The Kier molecular flexibility index (Phi) is 6.35. The maximum absolute atomic E-state index is 9.55. The molecule has 3 N–H and O–H groups in total. The molecule has 1 aliphatic carbocycles. The molecule has 1 aromatic carbocycles. The second-order valence-corrected chi connectivity index (χ2v) is 7.71. The number of aromatic nitrogens is 1. The SMILES string of the molecule is CN1CC(CCC#N)C[C@@H]2c3cccc4[nH]cc(c34)C[C@H]21.O=C(O)/C=C\C(=O)O. The largest absolute Gasteiger partial charge is 0.478 e. The van der Waals surface area contributed by atoms with Gasteiger partial charge in [-0.2, -0.15) is 5.26 Å². The number of piperidine rings is 1. The molecule has 1 saturated heterocycles. The van der Waals surface area contributed by atoms with Crippen LogP contribution in [-0.4, -0.2) is 51.7 Å². The highest BCUT2D eigenvalue weighted by Gasteiger charge is 2.38. The third-order valence-electron chi connectivity index (χ3n) is 5.85. The number of H-pyrrole nitrogens is 1. The van der Waals surface area contributed by atoms with Crippen LogP contribution in [0, 0.1) is 17.2 Å². The van der Waals surface area contributed by atoms with Crippen LogP contribution >= 0.6 is 0 Å². The number of likely N-dealkylation sites (N-methyl/N-ethyl adjacent to an activating group) is 1. The molecule has 1 unspecified atom stereocenters.